The third-order valence-electron chi connectivity index (χ3n) is 1.77. The maximum Gasteiger partial charge on any atom is 0.338 e. The van der Waals surface area contributed by atoms with E-state index < -0.39 is 0 Å². The molecule has 0 aliphatic rings. The van der Waals surface area contributed by atoms with Gasteiger partial charge in [0.25, 0.3) is 0 Å². The molecule has 0 spiro atoms. The molecule has 0 bridgehead atoms. The van der Waals surface area contributed by atoms with Crippen molar-refractivity contribution in [2.24, 2.45) is 5.84 Å². The second-order valence-electron chi connectivity index (χ2n) is 3.15. The second kappa shape index (κ2) is 6.15. The summed E-state index contributed by atoms with van der Waals surface area (Å²) in [5.74, 6) is 5.60. The van der Waals surface area contributed by atoms with E-state index in [-0.39, 0.29) is 18.4 Å². The highest BCUT2D eigenvalue weighted by Gasteiger charge is 2.14. The van der Waals surface area contributed by atoms with Gasteiger partial charge in [0.05, 0.1) is 15.7 Å². The zero-order valence-electron chi connectivity index (χ0n) is 8.78. The standard InChI is InChI=1S/C9H11Cl2N3O.ClH/c1-13(2)9(15)14(12)6-3-4-7(10)8(11)5-6;/h3-5H,12H2,1-2H3;1H. The lowest BCUT2D eigenvalue weighted by Gasteiger charge is -2.21. The van der Waals surface area contributed by atoms with Crippen LogP contribution in [0.25, 0.3) is 0 Å². The van der Waals surface area contributed by atoms with E-state index >= 15 is 0 Å². The van der Waals surface area contributed by atoms with E-state index in [4.69, 9.17) is 29.0 Å². The molecule has 0 aromatic heterocycles. The van der Waals surface area contributed by atoms with Crippen molar-refractivity contribution in [3.63, 3.8) is 0 Å². The first-order valence-electron chi connectivity index (χ1n) is 4.14. The average Bonchev–Trinajstić information content (AvgIpc) is 2.19. The van der Waals surface area contributed by atoms with Gasteiger partial charge in [0.1, 0.15) is 0 Å². The fourth-order valence-electron chi connectivity index (χ4n) is 0.961. The molecule has 0 atom stereocenters. The molecule has 7 heteroatoms. The number of rotatable bonds is 1. The largest absolute Gasteiger partial charge is 0.338 e. The van der Waals surface area contributed by atoms with Crippen LogP contribution in [-0.4, -0.2) is 25.0 Å². The number of nitrogens with two attached hydrogens (primary N) is 1. The maximum atomic E-state index is 11.5. The SMILES string of the molecule is CN(C)C(=O)N(N)c1ccc(Cl)c(Cl)c1.Cl. The number of hydrazine groups is 1. The number of benzene rings is 1. The maximum absolute atomic E-state index is 11.5. The molecule has 2 amide bonds. The smallest absolute Gasteiger partial charge is 0.329 e. The first-order chi connectivity index (χ1) is 6.93. The molecular weight excluding hydrogens is 272 g/mol. The Morgan fingerprint density at radius 3 is 2.25 bits per heavy atom. The van der Waals surface area contributed by atoms with Gasteiger partial charge in [-0.2, -0.15) is 0 Å². The highest BCUT2D eigenvalue weighted by Crippen LogP contribution is 2.26. The van der Waals surface area contributed by atoms with Gasteiger partial charge in [-0.3, -0.25) is 0 Å². The number of hydrogen-bond donors (Lipinski definition) is 1. The van der Waals surface area contributed by atoms with Crippen LogP contribution in [-0.2, 0) is 0 Å². The Kier molecular flexibility index (Phi) is 5.89. The van der Waals surface area contributed by atoms with Crippen LogP contribution in [0.4, 0.5) is 10.5 Å². The van der Waals surface area contributed by atoms with Gasteiger partial charge in [-0.15, -0.1) is 12.4 Å². The lowest BCUT2D eigenvalue weighted by atomic mass is 10.3. The van der Waals surface area contributed by atoms with E-state index in [9.17, 15) is 4.79 Å². The topological polar surface area (TPSA) is 49.6 Å². The molecule has 16 heavy (non-hydrogen) atoms. The average molecular weight is 285 g/mol. The molecule has 0 aliphatic heterocycles. The summed E-state index contributed by atoms with van der Waals surface area (Å²) in [6.45, 7) is 0. The minimum Gasteiger partial charge on any atom is -0.329 e. The molecule has 0 saturated heterocycles. The molecule has 0 fully saturated rings. The fraction of sp³-hybridized carbons (Fsp3) is 0.222. The van der Waals surface area contributed by atoms with Crippen LogP contribution in [0.2, 0.25) is 10.0 Å². The van der Waals surface area contributed by atoms with Gasteiger partial charge < -0.3 is 4.90 Å². The molecule has 4 nitrogen and oxygen atoms in total. The molecule has 2 N–H and O–H groups in total. The van der Waals surface area contributed by atoms with Crippen molar-refractivity contribution in [2.45, 2.75) is 0 Å². The molecule has 0 heterocycles. The van der Waals surface area contributed by atoms with Crippen LogP contribution in [0.15, 0.2) is 18.2 Å². The molecule has 1 rings (SSSR count). The lowest BCUT2D eigenvalue weighted by molar-refractivity contribution is 0.224. The van der Waals surface area contributed by atoms with E-state index in [2.05, 4.69) is 0 Å². The summed E-state index contributed by atoms with van der Waals surface area (Å²) in [6.07, 6.45) is 0. The Hall–Kier alpha value is -0.680. The van der Waals surface area contributed by atoms with Crippen molar-refractivity contribution in [2.75, 3.05) is 19.1 Å². The van der Waals surface area contributed by atoms with Gasteiger partial charge in [0.15, 0.2) is 0 Å². The summed E-state index contributed by atoms with van der Waals surface area (Å²) in [4.78, 5) is 12.9. The van der Waals surface area contributed by atoms with E-state index in [0.29, 0.717) is 15.7 Å². The second-order valence-corrected chi connectivity index (χ2v) is 3.96. The highest BCUT2D eigenvalue weighted by molar-refractivity contribution is 6.42. The van der Waals surface area contributed by atoms with Crippen LogP contribution in [0.5, 0.6) is 0 Å². The minimum atomic E-state index is -0.339. The minimum absolute atomic E-state index is 0. The zero-order chi connectivity index (χ0) is 11.6. The van der Waals surface area contributed by atoms with Gasteiger partial charge in [-0.25, -0.2) is 15.6 Å². The molecule has 1 aromatic carbocycles. The van der Waals surface area contributed by atoms with Crippen LogP contribution in [0.1, 0.15) is 0 Å². The predicted molar refractivity (Wildman–Crippen MR) is 69.5 cm³/mol. The number of amides is 2. The molecular formula is C9H12Cl3N3O. The summed E-state index contributed by atoms with van der Waals surface area (Å²) < 4.78 is 0. The Balaban J connectivity index is 0.00000225. The molecule has 0 unspecified atom stereocenters. The van der Waals surface area contributed by atoms with E-state index in [1.165, 1.54) is 11.0 Å². The summed E-state index contributed by atoms with van der Waals surface area (Å²) in [5.41, 5.74) is 0.489. The van der Waals surface area contributed by atoms with Gasteiger partial charge in [-0.05, 0) is 18.2 Å². The highest BCUT2D eigenvalue weighted by atomic mass is 35.5. The Labute approximate surface area is 110 Å². The lowest BCUT2D eigenvalue weighted by Crippen LogP contribution is -2.44. The predicted octanol–water partition coefficient (Wildman–Crippen LogP) is 2.78. The van der Waals surface area contributed by atoms with Gasteiger partial charge >= 0.3 is 6.03 Å². The van der Waals surface area contributed by atoms with E-state index in [1.54, 1.807) is 26.2 Å². The first-order valence-corrected chi connectivity index (χ1v) is 4.90. The number of hydrogen-bond acceptors (Lipinski definition) is 2. The van der Waals surface area contributed by atoms with Gasteiger partial charge in [0.2, 0.25) is 0 Å². The Bertz CT molecular complexity index is 384. The third kappa shape index (κ3) is 3.42. The quantitative estimate of drug-likeness (QED) is 0.490. The van der Waals surface area contributed by atoms with Crippen LogP contribution < -0.4 is 10.9 Å². The number of carbonyl (C=O) groups excluding carboxylic acids is 1. The molecule has 0 radical (unpaired) electrons. The van der Waals surface area contributed by atoms with E-state index in [1.807, 2.05) is 0 Å². The van der Waals surface area contributed by atoms with Crippen LogP contribution >= 0.6 is 35.6 Å². The van der Waals surface area contributed by atoms with Crippen molar-refractivity contribution in [3.8, 4) is 0 Å². The first kappa shape index (κ1) is 15.3. The van der Waals surface area contributed by atoms with Crippen molar-refractivity contribution in [3.05, 3.63) is 28.2 Å². The third-order valence-corrected chi connectivity index (χ3v) is 2.51. The number of carbonyl (C=O) groups is 1. The van der Waals surface area contributed by atoms with Crippen LogP contribution in [0.3, 0.4) is 0 Å². The van der Waals surface area contributed by atoms with Crippen molar-refractivity contribution < 1.29 is 4.79 Å². The number of halogens is 3. The summed E-state index contributed by atoms with van der Waals surface area (Å²) in [7, 11) is 3.22. The number of nitrogens with zero attached hydrogens (tertiary/aromatic N) is 2. The monoisotopic (exact) mass is 283 g/mol. The van der Waals surface area contributed by atoms with E-state index in [0.717, 1.165) is 5.01 Å². The molecule has 90 valence electrons. The molecule has 1 aromatic rings. The fourth-order valence-corrected chi connectivity index (χ4v) is 1.25. The molecule has 0 saturated carbocycles. The number of anilines is 1. The summed E-state index contributed by atoms with van der Waals surface area (Å²) in [6, 6.07) is 4.40. The number of urea groups is 1. The van der Waals surface area contributed by atoms with Gasteiger partial charge in [-0.1, -0.05) is 23.2 Å². The summed E-state index contributed by atoms with van der Waals surface area (Å²) >= 11 is 11.5. The Morgan fingerprint density at radius 2 is 1.81 bits per heavy atom. The van der Waals surface area contributed by atoms with Crippen molar-refractivity contribution in [1.29, 1.82) is 0 Å². The van der Waals surface area contributed by atoms with Crippen LogP contribution in [0, 0.1) is 0 Å². The summed E-state index contributed by atoms with van der Waals surface area (Å²) in [5, 5.41) is 1.78. The zero-order valence-corrected chi connectivity index (χ0v) is 11.1. The molecule has 0 aliphatic carbocycles. The Morgan fingerprint density at radius 1 is 1.25 bits per heavy atom. The van der Waals surface area contributed by atoms with Crippen molar-refractivity contribution >= 4 is 47.3 Å². The van der Waals surface area contributed by atoms with Crippen molar-refractivity contribution in [1.82, 2.24) is 4.90 Å². The normalized spacial score (nSPS) is 9.31. The van der Waals surface area contributed by atoms with Gasteiger partial charge in [0, 0.05) is 14.1 Å².